The van der Waals surface area contributed by atoms with Gasteiger partial charge in [0.15, 0.2) is 10.7 Å². The van der Waals surface area contributed by atoms with Crippen LogP contribution in [0.2, 0.25) is 0 Å². The standard InChI is InChI=1S/C19H15N3O3S/c23-17(10-11-22-15-8-4-5-9-16(15)25-19(22)24)21-18-20-14(12-26-18)13-6-2-1-3-7-13/h1-9,12H,10-11H2,(H,20,21,23). The average molecular weight is 365 g/mol. The Kier molecular flexibility index (Phi) is 4.37. The van der Waals surface area contributed by atoms with Crippen molar-refractivity contribution >= 4 is 33.5 Å². The molecule has 7 heteroatoms. The molecule has 1 amide bonds. The molecule has 4 rings (SSSR count). The molecule has 0 radical (unpaired) electrons. The van der Waals surface area contributed by atoms with Gasteiger partial charge in [0.2, 0.25) is 5.91 Å². The Hall–Kier alpha value is -3.19. The van der Waals surface area contributed by atoms with Gasteiger partial charge in [-0.1, -0.05) is 42.5 Å². The molecule has 0 saturated heterocycles. The molecule has 0 bridgehead atoms. The largest absolute Gasteiger partial charge is 0.419 e. The van der Waals surface area contributed by atoms with E-state index in [1.54, 1.807) is 18.2 Å². The Labute approximate surface area is 152 Å². The quantitative estimate of drug-likeness (QED) is 0.584. The van der Waals surface area contributed by atoms with Crippen LogP contribution < -0.4 is 11.1 Å². The van der Waals surface area contributed by atoms with Crippen LogP contribution in [0.4, 0.5) is 5.13 Å². The monoisotopic (exact) mass is 365 g/mol. The number of anilines is 1. The van der Waals surface area contributed by atoms with Crippen LogP contribution in [-0.2, 0) is 11.3 Å². The van der Waals surface area contributed by atoms with Crippen LogP contribution in [0, 0.1) is 0 Å². The van der Waals surface area contributed by atoms with E-state index in [-0.39, 0.29) is 18.9 Å². The smallest absolute Gasteiger partial charge is 0.408 e. The highest BCUT2D eigenvalue weighted by Crippen LogP contribution is 2.24. The molecule has 0 unspecified atom stereocenters. The zero-order valence-corrected chi connectivity index (χ0v) is 14.5. The van der Waals surface area contributed by atoms with Gasteiger partial charge in [-0.25, -0.2) is 9.78 Å². The molecule has 0 saturated carbocycles. The molecule has 0 atom stereocenters. The number of rotatable bonds is 5. The fourth-order valence-corrected chi connectivity index (χ4v) is 3.43. The highest BCUT2D eigenvalue weighted by molar-refractivity contribution is 7.14. The van der Waals surface area contributed by atoms with Crippen LogP contribution in [0.15, 0.2) is 69.2 Å². The van der Waals surface area contributed by atoms with E-state index in [1.165, 1.54) is 15.9 Å². The maximum atomic E-state index is 12.2. The van der Waals surface area contributed by atoms with Crippen molar-refractivity contribution in [2.45, 2.75) is 13.0 Å². The first kappa shape index (κ1) is 16.3. The summed E-state index contributed by atoms with van der Waals surface area (Å²) in [6, 6.07) is 16.9. The van der Waals surface area contributed by atoms with Crippen molar-refractivity contribution in [3.05, 3.63) is 70.5 Å². The molecule has 2 aromatic heterocycles. The maximum Gasteiger partial charge on any atom is 0.419 e. The van der Waals surface area contributed by atoms with E-state index in [1.807, 2.05) is 41.8 Å². The number of hydrogen-bond donors (Lipinski definition) is 1. The first-order valence-electron chi connectivity index (χ1n) is 8.10. The average Bonchev–Trinajstić information content (AvgIpc) is 3.24. The number of nitrogens with zero attached hydrogens (tertiary/aromatic N) is 2. The predicted octanol–water partition coefficient (Wildman–Crippen LogP) is 3.75. The number of hydrogen-bond acceptors (Lipinski definition) is 5. The zero-order valence-electron chi connectivity index (χ0n) is 13.7. The Balaban J connectivity index is 1.42. The second-order valence-electron chi connectivity index (χ2n) is 5.69. The Bertz CT molecular complexity index is 1110. The number of thiazole rings is 1. The highest BCUT2D eigenvalue weighted by Gasteiger charge is 2.12. The van der Waals surface area contributed by atoms with E-state index in [4.69, 9.17) is 4.42 Å². The van der Waals surface area contributed by atoms with E-state index < -0.39 is 5.76 Å². The molecule has 2 aromatic carbocycles. The van der Waals surface area contributed by atoms with Gasteiger partial charge in [0.1, 0.15) is 0 Å². The molecule has 2 heterocycles. The summed E-state index contributed by atoms with van der Waals surface area (Å²) in [6.45, 7) is 0.249. The van der Waals surface area contributed by atoms with Gasteiger partial charge >= 0.3 is 5.76 Å². The number of aromatic nitrogens is 2. The number of para-hydroxylation sites is 2. The third-order valence-electron chi connectivity index (χ3n) is 3.96. The predicted molar refractivity (Wildman–Crippen MR) is 101 cm³/mol. The van der Waals surface area contributed by atoms with E-state index in [9.17, 15) is 9.59 Å². The number of amides is 1. The third kappa shape index (κ3) is 3.29. The fourth-order valence-electron chi connectivity index (χ4n) is 2.69. The van der Waals surface area contributed by atoms with Crippen molar-refractivity contribution in [2.24, 2.45) is 0 Å². The summed E-state index contributed by atoms with van der Waals surface area (Å²) < 4.78 is 6.63. The van der Waals surface area contributed by atoms with Gasteiger partial charge in [-0.3, -0.25) is 9.36 Å². The molecule has 130 valence electrons. The number of nitrogens with one attached hydrogen (secondary N) is 1. The van der Waals surface area contributed by atoms with Crippen LogP contribution in [0.5, 0.6) is 0 Å². The van der Waals surface area contributed by atoms with Gasteiger partial charge in [0.05, 0.1) is 11.2 Å². The van der Waals surface area contributed by atoms with Gasteiger partial charge < -0.3 is 9.73 Å². The number of aryl methyl sites for hydroxylation is 1. The summed E-state index contributed by atoms with van der Waals surface area (Å²) in [4.78, 5) is 28.6. The summed E-state index contributed by atoms with van der Waals surface area (Å²) in [5, 5.41) is 5.23. The summed E-state index contributed by atoms with van der Waals surface area (Å²) >= 11 is 1.37. The SMILES string of the molecule is O=C(CCn1c(=O)oc2ccccc21)Nc1nc(-c2ccccc2)cs1. The molecule has 6 nitrogen and oxygen atoms in total. The minimum absolute atomic E-state index is 0.156. The summed E-state index contributed by atoms with van der Waals surface area (Å²) in [5.41, 5.74) is 3.03. The molecular weight excluding hydrogens is 350 g/mol. The number of fused-ring (bicyclic) bond motifs is 1. The second-order valence-corrected chi connectivity index (χ2v) is 6.55. The molecule has 0 fully saturated rings. The van der Waals surface area contributed by atoms with Crippen molar-refractivity contribution in [1.82, 2.24) is 9.55 Å². The molecular formula is C19H15N3O3S. The van der Waals surface area contributed by atoms with Crippen molar-refractivity contribution in [1.29, 1.82) is 0 Å². The van der Waals surface area contributed by atoms with E-state index in [2.05, 4.69) is 10.3 Å². The normalized spacial score (nSPS) is 10.9. The lowest BCUT2D eigenvalue weighted by atomic mass is 10.2. The maximum absolute atomic E-state index is 12.2. The van der Waals surface area contributed by atoms with Gasteiger partial charge in [0.25, 0.3) is 0 Å². The zero-order chi connectivity index (χ0) is 17.9. The Morgan fingerprint density at radius 1 is 1.12 bits per heavy atom. The lowest BCUT2D eigenvalue weighted by Crippen LogP contribution is -2.19. The third-order valence-corrected chi connectivity index (χ3v) is 4.71. The Morgan fingerprint density at radius 2 is 1.88 bits per heavy atom. The first-order valence-corrected chi connectivity index (χ1v) is 8.98. The van der Waals surface area contributed by atoms with Gasteiger partial charge in [-0.05, 0) is 12.1 Å². The van der Waals surface area contributed by atoms with Crippen molar-refractivity contribution in [3.63, 3.8) is 0 Å². The molecule has 0 aliphatic rings. The second kappa shape index (κ2) is 6.97. The minimum Gasteiger partial charge on any atom is -0.408 e. The summed E-state index contributed by atoms with van der Waals surface area (Å²) in [5.74, 6) is -0.657. The Morgan fingerprint density at radius 3 is 2.73 bits per heavy atom. The van der Waals surface area contributed by atoms with Crippen LogP contribution in [-0.4, -0.2) is 15.5 Å². The van der Waals surface area contributed by atoms with Crippen molar-refractivity contribution in [3.8, 4) is 11.3 Å². The lowest BCUT2D eigenvalue weighted by molar-refractivity contribution is -0.116. The molecule has 26 heavy (non-hydrogen) atoms. The van der Waals surface area contributed by atoms with Crippen molar-refractivity contribution in [2.75, 3.05) is 5.32 Å². The summed E-state index contributed by atoms with van der Waals surface area (Å²) in [7, 11) is 0. The number of oxazole rings is 1. The first-order chi connectivity index (χ1) is 12.7. The molecule has 0 spiro atoms. The number of benzene rings is 2. The lowest BCUT2D eigenvalue weighted by Gasteiger charge is -2.03. The van der Waals surface area contributed by atoms with E-state index in [0.717, 1.165) is 11.3 Å². The number of carbonyl (C=O) groups excluding carboxylic acids is 1. The van der Waals surface area contributed by atoms with Crippen LogP contribution in [0.3, 0.4) is 0 Å². The van der Waals surface area contributed by atoms with Crippen LogP contribution in [0.1, 0.15) is 6.42 Å². The van der Waals surface area contributed by atoms with Gasteiger partial charge in [-0.2, -0.15) is 0 Å². The summed E-state index contributed by atoms with van der Waals surface area (Å²) in [6.07, 6.45) is 0.156. The van der Waals surface area contributed by atoms with Crippen LogP contribution in [0.25, 0.3) is 22.4 Å². The van der Waals surface area contributed by atoms with E-state index >= 15 is 0 Å². The number of carbonyl (C=O) groups is 1. The topological polar surface area (TPSA) is 77.1 Å². The molecule has 0 aliphatic carbocycles. The fraction of sp³-hybridized carbons (Fsp3) is 0.105. The van der Waals surface area contributed by atoms with Gasteiger partial charge in [0, 0.05) is 23.9 Å². The minimum atomic E-state index is -0.459. The van der Waals surface area contributed by atoms with Crippen molar-refractivity contribution < 1.29 is 9.21 Å². The molecule has 1 N–H and O–H groups in total. The molecule has 4 aromatic rings. The van der Waals surface area contributed by atoms with Gasteiger partial charge in [-0.15, -0.1) is 11.3 Å². The highest BCUT2D eigenvalue weighted by atomic mass is 32.1. The molecule has 0 aliphatic heterocycles. The van der Waals surface area contributed by atoms with Crippen LogP contribution >= 0.6 is 11.3 Å². The van der Waals surface area contributed by atoms with E-state index in [0.29, 0.717) is 16.2 Å².